The van der Waals surface area contributed by atoms with E-state index in [9.17, 15) is 18.0 Å². The summed E-state index contributed by atoms with van der Waals surface area (Å²) in [7, 11) is 0. The van der Waals surface area contributed by atoms with Crippen LogP contribution in [0.25, 0.3) is 11.4 Å². The lowest BCUT2D eigenvalue weighted by molar-refractivity contribution is -0.137. The van der Waals surface area contributed by atoms with Crippen molar-refractivity contribution in [3.8, 4) is 22.9 Å². The number of hydrogen-bond acceptors (Lipinski definition) is 6. The number of nitrogens with zero attached hydrogens (tertiary/aromatic N) is 2. The van der Waals surface area contributed by atoms with Crippen molar-refractivity contribution in [1.82, 2.24) is 9.36 Å². The summed E-state index contributed by atoms with van der Waals surface area (Å²) in [5.41, 5.74) is -0.400. The van der Waals surface area contributed by atoms with Crippen molar-refractivity contribution >= 4 is 34.2 Å². The van der Waals surface area contributed by atoms with Gasteiger partial charge in [-0.15, -0.1) is 0 Å². The van der Waals surface area contributed by atoms with Gasteiger partial charge in [-0.3, -0.25) is 10.1 Å². The van der Waals surface area contributed by atoms with Gasteiger partial charge in [-0.1, -0.05) is 23.7 Å². The molecule has 0 saturated heterocycles. The largest absolute Gasteiger partial charge is 0.454 e. The van der Waals surface area contributed by atoms with Crippen LogP contribution in [0.1, 0.15) is 15.9 Å². The molecule has 1 N–H and O–H groups in total. The van der Waals surface area contributed by atoms with Gasteiger partial charge < -0.3 is 9.47 Å². The van der Waals surface area contributed by atoms with E-state index in [-0.39, 0.29) is 33.9 Å². The first-order valence-electron chi connectivity index (χ1n) is 7.73. The Balaban J connectivity index is 1.54. The lowest BCUT2D eigenvalue weighted by atomic mass is 10.1. The summed E-state index contributed by atoms with van der Waals surface area (Å²) in [6, 6.07) is 7.53. The molecule has 3 aromatic rings. The number of ether oxygens (including phenoxy) is 2. The van der Waals surface area contributed by atoms with Gasteiger partial charge in [0.2, 0.25) is 11.9 Å². The molecule has 0 unspecified atom stereocenters. The third-order valence-electron chi connectivity index (χ3n) is 3.78. The SMILES string of the molecule is O=C(Nc1nc(-c2cccc(C(F)(F)F)c2)ns1)c1cc(Cl)c2c(c1)OCO2. The number of rotatable bonds is 3. The van der Waals surface area contributed by atoms with E-state index in [4.69, 9.17) is 21.1 Å². The molecule has 1 aliphatic heterocycles. The number of alkyl halides is 3. The second-order valence-corrected chi connectivity index (χ2v) is 6.81. The lowest BCUT2D eigenvalue weighted by Crippen LogP contribution is -2.11. The van der Waals surface area contributed by atoms with Crippen LogP contribution in [0.2, 0.25) is 5.02 Å². The number of hydrogen-bond donors (Lipinski definition) is 1. The zero-order valence-electron chi connectivity index (χ0n) is 13.7. The van der Waals surface area contributed by atoms with Gasteiger partial charge in [-0.05, 0) is 24.3 Å². The van der Waals surface area contributed by atoms with E-state index in [1.807, 2.05) is 0 Å². The highest BCUT2D eigenvalue weighted by atomic mass is 35.5. The summed E-state index contributed by atoms with van der Waals surface area (Å²) < 4.78 is 53.0. The Morgan fingerprint density at radius 1 is 1.21 bits per heavy atom. The average Bonchev–Trinajstić information content (AvgIpc) is 3.30. The molecule has 144 valence electrons. The van der Waals surface area contributed by atoms with Gasteiger partial charge in [0.15, 0.2) is 17.3 Å². The van der Waals surface area contributed by atoms with Crippen molar-refractivity contribution in [2.24, 2.45) is 0 Å². The maximum Gasteiger partial charge on any atom is 0.416 e. The summed E-state index contributed by atoms with van der Waals surface area (Å²) in [6.45, 7) is 0.0108. The van der Waals surface area contributed by atoms with Crippen LogP contribution in [-0.4, -0.2) is 22.1 Å². The fourth-order valence-corrected chi connectivity index (χ4v) is 3.34. The highest BCUT2D eigenvalue weighted by molar-refractivity contribution is 7.10. The molecule has 1 aromatic heterocycles. The van der Waals surface area contributed by atoms with Crippen molar-refractivity contribution in [2.45, 2.75) is 6.18 Å². The molecular formula is C17H9ClF3N3O3S. The monoisotopic (exact) mass is 427 g/mol. The normalized spacial score (nSPS) is 12.9. The van der Waals surface area contributed by atoms with Crippen molar-refractivity contribution in [1.29, 1.82) is 0 Å². The third kappa shape index (κ3) is 3.60. The van der Waals surface area contributed by atoms with Crippen LogP contribution in [-0.2, 0) is 6.18 Å². The molecule has 2 heterocycles. The number of carbonyl (C=O) groups is 1. The first kappa shape index (κ1) is 18.5. The molecule has 6 nitrogen and oxygen atoms in total. The van der Waals surface area contributed by atoms with Crippen LogP contribution in [0.4, 0.5) is 18.3 Å². The van der Waals surface area contributed by atoms with Crippen molar-refractivity contribution in [3.05, 3.63) is 52.5 Å². The predicted molar refractivity (Wildman–Crippen MR) is 95.9 cm³/mol. The maximum atomic E-state index is 12.9. The van der Waals surface area contributed by atoms with Crippen LogP contribution in [0.5, 0.6) is 11.5 Å². The van der Waals surface area contributed by atoms with Crippen LogP contribution in [0, 0.1) is 0 Å². The number of fused-ring (bicyclic) bond motifs is 1. The average molecular weight is 428 g/mol. The lowest BCUT2D eigenvalue weighted by Gasteiger charge is -2.07. The Morgan fingerprint density at radius 2 is 2.04 bits per heavy atom. The van der Waals surface area contributed by atoms with Gasteiger partial charge in [0.1, 0.15) is 0 Å². The molecule has 1 aliphatic rings. The molecule has 4 rings (SSSR count). The molecule has 0 spiro atoms. The summed E-state index contributed by atoms with van der Waals surface area (Å²) >= 11 is 6.90. The molecule has 2 aromatic carbocycles. The van der Waals surface area contributed by atoms with Gasteiger partial charge in [-0.2, -0.15) is 22.5 Å². The molecule has 28 heavy (non-hydrogen) atoms. The summed E-state index contributed by atoms with van der Waals surface area (Å²) in [5, 5.41) is 2.90. The number of carbonyl (C=O) groups excluding carboxylic acids is 1. The highest BCUT2D eigenvalue weighted by Crippen LogP contribution is 2.40. The predicted octanol–water partition coefficient (Wildman–Crippen LogP) is 4.86. The van der Waals surface area contributed by atoms with Crippen LogP contribution in [0.3, 0.4) is 0 Å². The minimum atomic E-state index is -4.47. The molecule has 0 fully saturated rings. The number of amides is 1. The minimum absolute atomic E-state index is 0.0108. The minimum Gasteiger partial charge on any atom is -0.454 e. The van der Waals surface area contributed by atoms with Gasteiger partial charge in [-0.25, -0.2) is 0 Å². The second kappa shape index (κ2) is 6.95. The first-order valence-corrected chi connectivity index (χ1v) is 8.88. The number of aromatic nitrogens is 2. The van der Waals surface area contributed by atoms with Crippen molar-refractivity contribution in [3.63, 3.8) is 0 Å². The topological polar surface area (TPSA) is 73.3 Å². The number of anilines is 1. The van der Waals surface area contributed by atoms with E-state index in [0.29, 0.717) is 11.5 Å². The zero-order chi connectivity index (χ0) is 19.9. The van der Waals surface area contributed by atoms with Gasteiger partial charge in [0, 0.05) is 22.7 Å². The van der Waals surface area contributed by atoms with E-state index in [2.05, 4.69) is 14.7 Å². The Bertz CT molecular complexity index is 1070. The summed E-state index contributed by atoms with van der Waals surface area (Å²) in [4.78, 5) is 16.5. The van der Waals surface area contributed by atoms with E-state index in [1.165, 1.54) is 24.3 Å². The Kier molecular flexibility index (Phi) is 4.60. The van der Waals surface area contributed by atoms with Gasteiger partial charge >= 0.3 is 6.18 Å². The Hall–Kier alpha value is -2.85. The number of benzene rings is 2. The van der Waals surface area contributed by atoms with Crippen LogP contribution < -0.4 is 14.8 Å². The van der Waals surface area contributed by atoms with Crippen molar-refractivity contribution < 1.29 is 27.4 Å². The highest BCUT2D eigenvalue weighted by Gasteiger charge is 2.30. The van der Waals surface area contributed by atoms with E-state index in [0.717, 1.165) is 23.7 Å². The third-order valence-corrected chi connectivity index (χ3v) is 4.70. The molecule has 0 saturated carbocycles. The summed E-state index contributed by atoms with van der Waals surface area (Å²) in [6.07, 6.45) is -4.47. The molecule has 0 radical (unpaired) electrons. The first-order chi connectivity index (χ1) is 13.3. The fraction of sp³-hybridized carbons (Fsp3) is 0.118. The van der Waals surface area contributed by atoms with E-state index < -0.39 is 17.6 Å². The Morgan fingerprint density at radius 3 is 2.82 bits per heavy atom. The van der Waals surface area contributed by atoms with Crippen LogP contribution in [0.15, 0.2) is 36.4 Å². The number of nitrogens with one attached hydrogen (secondary N) is 1. The second-order valence-electron chi connectivity index (χ2n) is 5.65. The van der Waals surface area contributed by atoms with Gasteiger partial charge in [0.05, 0.1) is 10.6 Å². The molecule has 1 amide bonds. The fourth-order valence-electron chi connectivity index (χ4n) is 2.49. The quantitative estimate of drug-likeness (QED) is 0.646. The van der Waals surface area contributed by atoms with Crippen LogP contribution >= 0.6 is 23.1 Å². The van der Waals surface area contributed by atoms with Gasteiger partial charge in [0.25, 0.3) is 5.91 Å². The van der Waals surface area contributed by atoms with E-state index >= 15 is 0 Å². The smallest absolute Gasteiger partial charge is 0.416 e. The molecule has 0 bridgehead atoms. The van der Waals surface area contributed by atoms with Crippen molar-refractivity contribution in [2.75, 3.05) is 12.1 Å². The molecule has 11 heteroatoms. The summed E-state index contributed by atoms with van der Waals surface area (Å²) in [5.74, 6) is 0.266. The standard InChI is InChI=1S/C17H9ClF3N3O3S/c18-11-5-9(6-12-13(11)27-7-26-12)15(25)23-16-22-14(24-28-16)8-2-1-3-10(4-8)17(19,20)21/h1-6H,7H2,(H,22,23,24,25). The maximum absolute atomic E-state index is 12.9. The van der Waals surface area contributed by atoms with E-state index in [1.54, 1.807) is 0 Å². The Labute approximate surface area is 165 Å². The molecular weight excluding hydrogens is 419 g/mol. The zero-order valence-corrected chi connectivity index (χ0v) is 15.3. The number of halogens is 4. The molecule has 0 aliphatic carbocycles. The molecule has 0 atom stereocenters.